The number of halogens is 1. The molecule has 2 nitrogen and oxygen atoms in total. The van der Waals surface area contributed by atoms with E-state index in [1.165, 1.54) is 0 Å². The second-order valence-corrected chi connectivity index (χ2v) is 6.88. The average Bonchev–Trinajstić information content (AvgIpc) is 2.56. The van der Waals surface area contributed by atoms with Crippen molar-refractivity contribution in [2.45, 2.75) is 40.7 Å². The molecule has 0 spiro atoms. The average molecular weight is 300 g/mol. The molecule has 1 saturated carbocycles. The van der Waals surface area contributed by atoms with Gasteiger partial charge in [-0.05, 0) is 51.4 Å². The predicted octanol–water partition coefficient (Wildman–Crippen LogP) is 4.37. The van der Waals surface area contributed by atoms with Crippen LogP contribution < -0.4 is 5.32 Å². The molecule has 1 atom stereocenters. The van der Waals surface area contributed by atoms with Gasteiger partial charge in [-0.1, -0.05) is 34.6 Å². The first-order chi connectivity index (χ1) is 7.82. The molecule has 0 amide bonds. The van der Waals surface area contributed by atoms with Crippen LogP contribution in [0.15, 0.2) is 21.2 Å². The fraction of sp³-hybridized carbons (Fsp3) is 0.714. The number of hydrogen-bond acceptors (Lipinski definition) is 2. The zero-order valence-electron chi connectivity index (χ0n) is 11.3. The summed E-state index contributed by atoms with van der Waals surface area (Å²) in [4.78, 5) is 0. The lowest BCUT2D eigenvalue weighted by molar-refractivity contribution is 0.341. The molecule has 1 aliphatic carbocycles. The Morgan fingerprint density at radius 3 is 2.24 bits per heavy atom. The van der Waals surface area contributed by atoms with Crippen molar-refractivity contribution in [3.8, 4) is 0 Å². The van der Waals surface area contributed by atoms with Gasteiger partial charge in [0, 0.05) is 0 Å². The lowest BCUT2D eigenvalue weighted by Crippen LogP contribution is -2.24. The van der Waals surface area contributed by atoms with E-state index in [-0.39, 0.29) is 0 Å². The van der Waals surface area contributed by atoms with Crippen molar-refractivity contribution in [3.05, 3.63) is 22.6 Å². The molecule has 0 saturated heterocycles. The third-order valence-electron chi connectivity index (χ3n) is 4.79. The maximum Gasteiger partial charge on any atom is 0.169 e. The summed E-state index contributed by atoms with van der Waals surface area (Å²) < 4.78 is 6.55. The summed E-state index contributed by atoms with van der Waals surface area (Å²) in [5.41, 5.74) is 0.720. The van der Waals surface area contributed by atoms with Gasteiger partial charge in [-0.2, -0.15) is 0 Å². The first kappa shape index (κ1) is 13.2. The van der Waals surface area contributed by atoms with Crippen molar-refractivity contribution < 1.29 is 4.42 Å². The number of furan rings is 1. The van der Waals surface area contributed by atoms with E-state index in [0.717, 1.165) is 17.0 Å². The van der Waals surface area contributed by atoms with Gasteiger partial charge in [-0.25, -0.2) is 0 Å². The highest BCUT2D eigenvalue weighted by atomic mass is 79.9. The maximum atomic E-state index is 5.74. The first-order valence-electron chi connectivity index (χ1n) is 6.31. The molecule has 2 rings (SSSR count). The molecule has 1 heterocycles. The minimum atomic E-state index is 0.316. The van der Waals surface area contributed by atoms with E-state index >= 15 is 0 Å². The van der Waals surface area contributed by atoms with Gasteiger partial charge >= 0.3 is 0 Å². The molecule has 1 aromatic rings. The first-order valence-corrected chi connectivity index (χ1v) is 7.10. The van der Waals surface area contributed by atoms with Crippen LogP contribution in [0.2, 0.25) is 0 Å². The Bertz CT molecular complexity index is 394. The minimum absolute atomic E-state index is 0.316. The summed E-state index contributed by atoms with van der Waals surface area (Å²) >= 11 is 3.38. The summed E-state index contributed by atoms with van der Waals surface area (Å²) in [5, 5.41) is 3.57. The number of hydrogen-bond donors (Lipinski definition) is 1. The summed E-state index contributed by atoms with van der Waals surface area (Å²) in [6.07, 6.45) is 0. The van der Waals surface area contributed by atoms with E-state index in [0.29, 0.717) is 22.8 Å². The Balaban J connectivity index is 2.26. The molecule has 0 aliphatic heterocycles. The van der Waals surface area contributed by atoms with Crippen LogP contribution in [-0.2, 0) is 0 Å². The van der Waals surface area contributed by atoms with Crippen LogP contribution in [0.1, 0.15) is 46.4 Å². The van der Waals surface area contributed by atoms with Crippen LogP contribution in [0, 0.1) is 16.7 Å². The van der Waals surface area contributed by atoms with E-state index in [4.69, 9.17) is 4.42 Å². The van der Waals surface area contributed by atoms with Gasteiger partial charge in [0.25, 0.3) is 0 Å². The molecular weight excluding hydrogens is 278 g/mol. The second-order valence-electron chi connectivity index (χ2n) is 6.10. The molecule has 96 valence electrons. The smallest absolute Gasteiger partial charge is 0.169 e. The molecule has 0 bridgehead atoms. The molecule has 1 aromatic heterocycles. The summed E-state index contributed by atoms with van der Waals surface area (Å²) in [7, 11) is 0. The molecule has 0 aromatic carbocycles. The van der Waals surface area contributed by atoms with Crippen molar-refractivity contribution in [2.24, 2.45) is 16.7 Å². The molecule has 1 aliphatic rings. The molecule has 1 unspecified atom stereocenters. The molecule has 1 N–H and O–H groups in total. The van der Waals surface area contributed by atoms with Crippen molar-refractivity contribution in [2.75, 3.05) is 6.54 Å². The van der Waals surface area contributed by atoms with Crippen LogP contribution in [0.5, 0.6) is 0 Å². The Kier molecular flexibility index (Phi) is 3.20. The zero-order chi connectivity index (χ0) is 12.8. The van der Waals surface area contributed by atoms with Crippen LogP contribution in [0.4, 0.5) is 0 Å². The fourth-order valence-corrected chi connectivity index (χ4v) is 3.50. The maximum absolute atomic E-state index is 5.74. The van der Waals surface area contributed by atoms with E-state index < -0.39 is 0 Å². The highest BCUT2D eigenvalue weighted by Crippen LogP contribution is 2.72. The van der Waals surface area contributed by atoms with E-state index in [1.807, 2.05) is 6.07 Å². The normalized spacial score (nSPS) is 23.6. The van der Waals surface area contributed by atoms with Crippen LogP contribution in [-0.4, -0.2) is 6.54 Å². The number of rotatable bonds is 4. The standard InChI is InChI=1S/C14H22BrNO/c1-6-16-11(9-7-8-10(15)17-9)12-13(2,3)14(12,4)5/h7-8,11-12,16H,6H2,1-5H3. The van der Waals surface area contributed by atoms with Gasteiger partial charge in [0.2, 0.25) is 0 Å². The Hall–Kier alpha value is -0.280. The van der Waals surface area contributed by atoms with Crippen molar-refractivity contribution in [1.29, 1.82) is 0 Å². The lowest BCUT2D eigenvalue weighted by atomic mass is 10.0. The SMILES string of the molecule is CCNC(c1ccc(Br)o1)C1C(C)(C)C1(C)C. The predicted molar refractivity (Wildman–Crippen MR) is 73.9 cm³/mol. The number of nitrogens with one attached hydrogen (secondary N) is 1. The van der Waals surface area contributed by atoms with Gasteiger partial charge in [-0.3, -0.25) is 0 Å². The largest absolute Gasteiger partial charge is 0.453 e. The third kappa shape index (κ3) is 1.97. The van der Waals surface area contributed by atoms with E-state index in [9.17, 15) is 0 Å². The van der Waals surface area contributed by atoms with Gasteiger partial charge in [-0.15, -0.1) is 0 Å². The van der Waals surface area contributed by atoms with Gasteiger partial charge in [0.15, 0.2) is 4.67 Å². The van der Waals surface area contributed by atoms with E-state index in [2.05, 4.69) is 61.9 Å². The molecule has 17 heavy (non-hydrogen) atoms. The second kappa shape index (κ2) is 4.13. The van der Waals surface area contributed by atoms with E-state index in [1.54, 1.807) is 0 Å². The molecule has 3 heteroatoms. The fourth-order valence-electron chi connectivity index (χ4n) is 3.18. The quantitative estimate of drug-likeness (QED) is 0.893. The molecular formula is C14H22BrNO. The molecule has 1 fully saturated rings. The summed E-state index contributed by atoms with van der Waals surface area (Å²) in [6.45, 7) is 12.5. The van der Waals surface area contributed by atoms with Crippen molar-refractivity contribution in [1.82, 2.24) is 5.32 Å². The van der Waals surface area contributed by atoms with Gasteiger partial charge in [0.1, 0.15) is 5.76 Å². The highest BCUT2D eigenvalue weighted by molar-refractivity contribution is 9.10. The minimum Gasteiger partial charge on any atom is -0.453 e. The van der Waals surface area contributed by atoms with Crippen LogP contribution in [0.25, 0.3) is 0 Å². The van der Waals surface area contributed by atoms with Crippen molar-refractivity contribution >= 4 is 15.9 Å². The lowest BCUT2D eigenvalue weighted by Gasteiger charge is -2.17. The zero-order valence-corrected chi connectivity index (χ0v) is 12.9. The summed E-state index contributed by atoms with van der Waals surface area (Å²) in [5.74, 6) is 1.66. The Morgan fingerprint density at radius 2 is 1.88 bits per heavy atom. The van der Waals surface area contributed by atoms with Gasteiger partial charge in [0.05, 0.1) is 6.04 Å². The Labute approximate surface area is 112 Å². The van der Waals surface area contributed by atoms with Gasteiger partial charge < -0.3 is 9.73 Å². The summed E-state index contributed by atoms with van der Waals surface area (Å²) in [6, 6.07) is 4.36. The monoisotopic (exact) mass is 299 g/mol. The molecule has 0 radical (unpaired) electrons. The highest BCUT2D eigenvalue weighted by Gasteiger charge is 2.67. The topological polar surface area (TPSA) is 25.2 Å². The third-order valence-corrected chi connectivity index (χ3v) is 5.22. The Morgan fingerprint density at radius 1 is 1.29 bits per heavy atom. The van der Waals surface area contributed by atoms with Crippen LogP contribution in [0.3, 0.4) is 0 Å². The van der Waals surface area contributed by atoms with Crippen molar-refractivity contribution in [3.63, 3.8) is 0 Å². The van der Waals surface area contributed by atoms with Crippen LogP contribution >= 0.6 is 15.9 Å².